The molecule has 1 atom stereocenters. The summed E-state index contributed by atoms with van der Waals surface area (Å²) in [5, 5.41) is 5.65. The number of nitrogens with zero attached hydrogens (tertiary/aromatic N) is 3. The van der Waals surface area contributed by atoms with Crippen LogP contribution in [0.1, 0.15) is 36.2 Å². The van der Waals surface area contributed by atoms with Gasteiger partial charge in [-0.15, -0.1) is 0 Å². The topological polar surface area (TPSA) is 63.1 Å². The van der Waals surface area contributed by atoms with Gasteiger partial charge in [0.25, 0.3) is 0 Å². The van der Waals surface area contributed by atoms with Gasteiger partial charge < -0.3 is 14.6 Å². The minimum absolute atomic E-state index is 0.0872. The maximum absolute atomic E-state index is 13.2. The summed E-state index contributed by atoms with van der Waals surface area (Å²) >= 11 is 0. The second-order valence-electron chi connectivity index (χ2n) is 8.68. The number of aryl methyl sites for hydroxylation is 1. The van der Waals surface area contributed by atoms with Gasteiger partial charge in [-0.1, -0.05) is 18.2 Å². The molecule has 0 saturated carbocycles. The number of carbonyl (C=O) groups excluding carboxylic acids is 1. The lowest BCUT2D eigenvalue weighted by atomic mass is 9.82. The number of hydrogen-bond acceptors (Lipinski definition) is 3. The lowest BCUT2D eigenvalue weighted by Crippen LogP contribution is -2.50. The van der Waals surface area contributed by atoms with Gasteiger partial charge in [0, 0.05) is 54.8 Å². The van der Waals surface area contributed by atoms with Gasteiger partial charge in [0.2, 0.25) is 5.91 Å². The molecular formula is C23H26N4O2. The molecule has 6 heteroatoms. The number of likely N-dealkylation sites (tertiary alicyclic amines) is 1. The first-order valence-electron chi connectivity index (χ1n) is 10.8. The van der Waals surface area contributed by atoms with E-state index in [-0.39, 0.29) is 11.5 Å². The molecular weight excluding hydrogens is 364 g/mol. The van der Waals surface area contributed by atoms with E-state index in [4.69, 9.17) is 4.74 Å². The maximum Gasteiger partial charge on any atom is 0.226 e. The van der Waals surface area contributed by atoms with Crippen LogP contribution in [0.25, 0.3) is 10.9 Å². The fourth-order valence-electron chi connectivity index (χ4n) is 5.59. The van der Waals surface area contributed by atoms with Crippen LogP contribution in [0.4, 0.5) is 0 Å². The van der Waals surface area contributed by atoms with Crippen molar-refractivity contribution < 1.29 is 9.53 Å². The first kappa shape index (κ1) is 17.3. The molecule has 6 rings (SSSR count). The molecule has 3 aliphatic rings. The monoisotopic (exact) mass is 390 g/mol. The molecule has 1 saturated heterocycles. The third-order valence-electron chi connectivity index (χ3n) is 7.18. The van der Waals surface area contributed by atoms with Crippen LogP contribution in [0, 0.1) is 5.92 Å². The van der Waals surface area contributed by atoms with Crippen LogP contribution in [0.3, 0.4) is 0 Å². The van der Waals surface area contributed by atoms with Gasteiger partial charge in [0.15, 0.2) is 0 Å². The van der Waals surface area contributed by atoms with Crippen molar-refractivity contribution in [2.45, 2.75) is 44.2 Å². The highest BCUT2D eigenvalue weighted by atomic mass is 16.5. The molecule has 1 N–H and O–H groups in total. The number of aromatic amines is 1. The van der Waals surface area contributed by atoms with Gasteiger partial charge in [0.1, 0.15) is 5.60 Å². The number of carbonyl (C=O) groups is 1. The van der Waals surface area contributed by atoms with E-state index in [0.717, 1.165) is 58.3 Å². The molecule has 0 bridgehead atoms. The molecule has 1 spiro atoms. The molecule has 2 aromatic heterocycles. The SMILES string of the molecule is O=C(C1CCn2nccc2C1)N1CCC2(CC1)OCCc1c2[nH]c2ccccc12. The van der Waals surface area contributed by atoms with E-state index in [1.807, 2.05) is 16.9 Å². The zero-order valence-electron chi connectivity index (χ0n) is 16.6. The average molecular weight is 390 g/mol. The van der Waals surface area contributed by atoms with Gasteiger partial charge >= 0.3 is 0 Å². The van der Waals surface area contributed by atoms with Crippen molar-refractivity contribution in [1.82, 2.24) is 19.7 Å². The zero-order chi connectivity index (χ0) is 19.4. The summed E-state index contributed by atoms with van der Waals surface area (Å²) in [4.78, 5) is 18.9. The van der Waals surface area contributed by atoms with Crippen LogP contribution in [0.5, 0.6) is 0 Å². The average Bonchev–Trinajstić information content (AvgIpc) is 3.39. The van der Waals surface area contributed by atoms with Crippen molar-refractivity contribution in [3.05, 3.63) is 53.5 Å². The molecule has 29 heavy (non-hydrogen) atoms. The highest BCUT2D eigenvalue weighted by Gasteiger charge is 2.44. The molecule has 3 aromatic rings. The standard InChI is InChI=1S/C23H26N4O2/c28-22(16-6-11-27-17(15-16)5-10-24-27)26-12-8-23(9-13-26)21-19(7-14-29-23)18-3-1-2-4-20(18)25-21/h1-5,10,16,25H,6-9,11-15H2. The van der Waals surface area contributed by atoms with Crippen molar-refractivity contribution in [1.29, 1.82) is 0 Å². The number of piperidine rings is 1. The lowest BCUT2D eigenvalue weighted by molar-refractivity contribution is -0.145. The summed E-state index contributed by atoms with van der Waals surface area (Å²) in [6, 6.07) is 10.6. The fraction of sp³-hybridized carbons (Fsp3) is 0.478. The number of benzene rings is 1. The van der Waals surface area contributed by atoms with Crippen LogP contribution >= 0.6 is 0 Å². The molecule has 150 valence electrons. The number of rotatable bonds is 1. The van der Waals surface area contributed by atoms with Crippen molar-refractivity contribution >= 4 is 16.8 Å². The molecule has 1 fully saturated rings. The second-order valence-corrected chi connectivity index (χ2v) is 8.68. The zero-order valence-corrected chi connectivity index (χ0v) is 16.6. The normalized spacial score (nSPS) is 23.2. The molecule has 1 amide bonds. The first-order chi connectivity index (χ1) is 14.2. The molecule has 5 heterocycles. The van der Waals surface area contributed by atoms with Gasteiger partial charge in [-0.25, -0.2) is 0 Å². The second kappa shape index (κ2) is 6.46. The minimum atomic E-state index is -0.269. The summed E-state index contributed by atoms with van der Waals surface area (Å²) in [5.74, 6) is 0.393. The van der Waals surface area contributed by atoms with Gasteiger partial charge in [-0.3, -0.25) is 9.48 Å². The van der Waals surface area contributed by atoms with Gasteiger partial charge in [-0.2, -0.15) is 5.10 Å². The van der Waals surface area contributed by atoms with E-state index < -0.39 is 0 Å². The number of hydrogen-bond donors (Lipinski definition) is 1. The fourth-order valence-corrected chi connectivity index (χ4v) is 5.59. The van der Waals surface area contributed by atoms with Crippen LogP contribution in [0.2, 0.25) is 0 Å². The maximum atomic E-state index is 13.2. The van der Waals surface area contributed by atoms with Crippen molar-refractivity contribution in [3.8, 4) is 0 Å². The number of H-pyrrole nitrogens is 1. The van der Waals surface area contributed by atoms with Crippen molar-refractivity contribution in [2.24, 2.45) is 5.92 Å². The van der Waals surface area contributed by atoms with E-state index in [9.17, 15) is 4.79 Å². The Morgan fingerprint density at radius 1 is 1.17 bits per heavy atom. The number of fused-ring (bicyclic) bond motifs is 5. The van der Waals surface area contributed by atoms with Gasteiger partial charge in [-0.05, 0) is 43.4 Å². The Balaban J connectivity index is 1.21. The largest absolute Gasteiger partial charge is 0.368 e. The summed E-state index contributed by atoms with van der Waals surface area (Å²) in [5.41, 5.74) is 4.76. The Kier molecular flexibility index (Phi) is 3.85. The first-order valence-corrected chi connectivity index (χ1v) is 10.8. The molecule has 1 aromatic carbocycles. The summed E-state index contributed by atoms with van der Waals surface area (Å²) in [6.07, 6.45) is 6.22. The Hall–Kier alpha value is -2.60. The Morgan fingerprint density at radius 2 is 2.03 bits per heavy atom. The summed E-state index contributed by atoms with van der Waals surface area (Å²) in [6.45, 7) is 3.14. The van der Waals surface area contributed by atoms with E-state index in [1.165, 1.54) is 27.9 Å². The van der Waals surface area contributed by atoms with E-state index in [2.05, 4.69) is 39.2 Å². The highest BCUT2D eigenvalue weighted by molar-refractivity contribution is 5.85. The molecule has 0 radical (unpaired) electrons. The molecule has 1 unspecified atom stereocenters. The number of ether oxygens (including phenoxy) is 1. The molecule has 0 aliphatic carbocycles. The lowest BCUT2D eigenvalue weighted by Gasteiger charge is -2.44. The van der Waals surface area contributed by atoms with E-state index >= 15 is 0 Å². The van der Waals surface area contributed by atoms with E-state index in [1.54, 1.807) is 0 Å². The number of para-hydroxylation sites is 1. The van der Waals surface area contributed by atoms with Crippen molar-refractivity contribution in [2.75, 3.05) is 19.7 Å². The number of aromatic nitrogens is 3. The highest BCUT2D eigenvalue weighted by Crippen LogP contribution is 2.43. The van der Waals surface area contributed by atoms with Crippen LogP contribution in [-0.2, 0) is 34.5 Å². The van der Waals surface area contributed by atoms with E-state index in [0.29, 0.717) is 5.91 Å². The third-order valence-corrected chi connectivity index (χ3v) is 7.18. The van der Waals surface area contributed by atoms with Crippen molar-refractivity contribution in [3.63, 3.8) is 0 Å². The number of nitrogens with one attached hydrogen (secondary N) is 1. The van der Waals surface area contributed by atoms with Crippen LogP contribution in [0.15, 0.2) is 36.5 Å². The third kappa shape index (κ3) is 2.65. The Morgan fingerprint density at radius 3 is 2.93 bits per heavy atom. The quantitative estimate of drug-likeness (QED) is 0.695. The number of amides is 1. The van der Waals surface area contributed by atoms with Crippen LogP contribution < -0.4 is 0 Å². The van der Waals surface area contributed by atoms with Crippen LogP contribution in [-0.4, -0.2) is 45.3 Å². The smallest absolute Gasteiger partial charge is 0.226 e. The molecule has 3 aliphatic heterocycles. The predicted octanol–water partition coefficient (Wildman–Crippen LogP) is 3.02. The Labute approximate surface area is 169 Å². The molecule has 6 nitrogen and oxygen atoms in total. The Bertz CT molecular complexity index is 1070. The van der Waals surface area contributed by atoms with Gasteiger partial charge in [0.05, 0.1) is 12.3 Å². The minimum Gasteiger partial charge on any atom is -0.368 e. The predicted molar refractivity (Wildman–Crippen MR) is 109 cm³/mol. The summed E-state index contributed by atoms with van der Waals surface area (Å²) in [7, 11) is 0. The summed E-state index contributed by atoms with van der Waals surface area (Å²) < 4.78 is 8.42.